The molecule has 1 aliphatic rings. The summed E-state index contributed by atoms with van der Waals surface area (Å²) >= 11 is 0. The van der Waals surface area contributed by atoms with Crippen molar-refractivity contribution < 1.29 is 19.2 Å². The van der Waals surface area contributed by atoms with Crippen LogP contribution in [-0.2, 0) is 19.2 Å². The van der Waals surface area contributed by atoms with Crippen LogP contribution in [0.2, 0.25) is 0 Å². The third kappa shape index (κ3) is 10.8. The van der Waals surface area contributed by atoms with Gasteiger partial charge in [0.25, 0.3) is 0 Å². The first-order chi connectivity index (χ1) is 13.2. The summed E-state index contributed by atoms with van der Waals surface area (Å²) in [6, 6.07) is 0. The van der Waals surface area contributed by atoms with Crippen LogP contribution < -0.4 is 22.9 Å². The maximum absolute atomic E-state index is 11.4. The van der Waals surface area contributed by atoms with Gasteiger partial charge in [-0.3, -0.25) is 38.8 Å². The highest BCUT2D eigenvalue weighted by atomic mass is 16.2. The maximum Gasteiger partial charge on any atom is 0.231 e. The molecule has 1 rings (SSSR count). The molecule has 1 aliphatic heterocycles. The van der Waals surface area contributed by atoms with E-state index < -0.39 is 23.6 Å². The Kier molecular flexibility index (Phi) is 10.4. The fourth-order valence-electron chi connectivity index (χ4n) is 3.09. The van der Waals surface area contributed by atoms with Crippen molar-refractivity contribution in [3.63, 3.8) is 0 Å². The average molecular weight is 400 g/mol. The van der Waals surface area contributed by atoms with Gasteiger partial charge in [-0.1, -0.05) is 0 Å². The molecule has 1 heterocycles. The fraction of sp³-hybridized carbons (Fsp3) is 0.750. The molecule has 1 saturated heterocycles. The second-order valence-corrected chi connectivity index (χ2v) is 6.97. The van der Waals surface area contributed by atoms with Gasteiger partial charge < -0.3 is 22.9 Å². The third-order valence-corrected chi connectivity index (χ3v) is 4.45. The van der Waals surface area contributed by atoms with Gasteiger partial charge in [-0.15, -0.1) is 0 Å². The van der Waals surface area contributed by atoms with Crippen LogP contribution in [-0.4, -0.2) is 122 Å². The van der Waals surface area contributed by atoms with Crippen molar-refractivity contribution in [1.29, 1.82) is 0 Å². The van der Waals surface area contributed by atoms with Gasteiger partial charge in [0, 0.05) is 52.4 Å². The van der Waals surface area contributed by atoms with Gasteiger partial charge in [0.15, 0.2) is 0 Å². The second kappa shape index (κ2) is 12.2. The Labute approximate surface area is 164 Å². The fourth-order valence-corrected chi connectivity index (χ4v) is 3.09. The average Bonchev–Trinajstić information content (AvgIpc) is 2.55. The highest BCUT2D eigenvalue weighted by molar-refractivity contribution is 5.77. The molecule has 12 heteroatoms. The summed E-state index contributed by atoms with van der Waals surface area (Å²) in [4.78, 5) is 52.9. The molecule has 0 saturated carbocycles. The molecule has 12 nitrogen and oxygen atoms in total. The van der Waals surface area contributed by atoms with E-state index in [1.165, 1.54) is 0 Å². The van der Waals surface area contributed by atoms with Gasteiger partial charge >= 0.3 is 0 Å². The van der Waals surface area contributed by atoms with Gasteiger partial charge in [0.2, 0.25) is 23.6 Å². The molecule has 0 atom stereocenters. The first-order valence-corrected chi connectivity index (χ1v) is 9.18. The summed E-state index contributed by atoms with van der Waals surface area (Å²) in [5.41, 5.74) is 21.3. The molecular weight excluding hydrogens is 368 g/mol. The Bertz CT molecular complexity index is 447. The van der Waals surface area contributed by atoms with Crippen LogP contribution >= 0.6 is 0 Å². The molecule has 0 aromatic rings. The van der Waals surface area contributed by atoms with Crippen molar-refractivity contribution >= 4 is 23.6 Å². The van der Waals surface area contributed by atoms with Crippen molar-refractivity contribution in [3.05, 3.63) is 0 Å². The van der Waals surface area contributed by atoms with Gasteiger partial charge in [-0.05, 0) is 0 Å². The molecule has 0 spiro atoms. The number of carbonyl (C=O) groups excluding carboxylic acids is 4. The SMILES string of the molecule is NC(=O)CN1CCN(CC(N)=O)CCN(CC(N)=O)CCN(CC(N)=O)CC1. The van der Waals surface area contributed by atoms with Crippen molar-refractivity contribution in [1.82, 2.24) is 19.6 Å². The number of hydrogen-bond donors (Lipinski definition) is 4. The predicted octanol–water partition coefficient (Wildman–Crippen LogP) is -4.85. The molecule has 160 valence electrons. The highest BCUT2D eigenvalue weighted by Gasteiger charge is 2.19. The largest absolute Gasteiger partial charge is 0.369 e. The highest BCUT2D eigenvalue weighted by Crippen LogP contribution is 2.00. The lowest BCUT2D eigenvalue weighted by Gasteiger charge is -2.33. The summed E-state index contributed by atoms with van der Waals surface area (Å²) in [7, 11) is 0. The molecule has 0 radical (unpaired) electrons. The lowest BCUT2D eigenvalue weighted by atomic mass is 10.3. The Morgan fingerprint density at radius 3 is 0.679 bits per heavy atom. The zero-order valence-corrected chi connectivity index (χ0v) is 16.2. The topological polar surface area (TPSA) is 185 Å². The number of primary amides is 4. The van der Waals surface area contributed by atoms with Crippen LogP contribution in [0, 0.1) is 0 Å². The van der Waals surface area contributed by atoms with Gasteiger partial charge in [0.05, 0.1) is 26.2 Å². The second-order valence-electron chi connectivity index (χ2n) is 6.97. The minimum Gasteiger partial charge on any atom is -0.369 e. The Morgan fingerprint density at radius 2 is 0.571 bits per heavy atom. The summed E-state index contributed by atoms with van der Waals surface area (Å²) in [6.07, 6.45) is 0. The third-order valence-electron chi connectivity index (χ3n) is 4.45. The predicted molar refractivity (Wildman–Crippen MR) is 103 cm³/mol. The van der Waals surface area contributed by atoms with Crippen molar-refractivity contribution in [2.24, 2.45) is 22.9 Å². The first kappa shape index (κ1) is 23.8. The van der Waals surface area contributed by atoms with E-state index in [0.717, 1.165) is 0 Å². The first-order valence-electron chi connectivity index (χ1n) is 9.18. The van der Waals surface area contributed by atoms with E-state index in [0.29, 0.717) is 52.4 Å². The Balaban J connectivity index is 2.90. The van der Waals surface area contributed by atoms with Crippen LogP contribution in [0.15, 0.2) is 0 Å². The van der Waals surface area contributed by atoms with Gasteiger partial charge in [0.1, 0.15) is 0 Å². The summed E-state index contributed by atoms with van der Waals surface area (Å²) in [6.45, 7) is 4.26. The smallest absolute Gasteiger partial charge is 0.231 e. The quantitative estimate of drug-likeness (QED) is 0.312. The van der Waals surface area contributed by atoms with E-state index in [1.54, 1.807) is 0 Å². The van der Waals surface area contributed by atoms with Gasteiger partial charge in [-0.25, -0.2) is 0 Å². The van der Waals surface area contributed by atoms with E-state index in [2.05, 4.69) is 0 Å². The van der Waals surface area contributed by atoms with Crippen LogP contribution in [0.1, 0.15) is 0 Å². The van der Waals surface area contributed by atoms with Crippen molar-refractivity contribution in [3.8, 4) is 0 Å². The van der Waals surface area contributed by atoms with Crippen LogP contribution in [0.4, 0.5) is 0 Å². The molecule has 1 fully saturated rings. The van der Waals surface area contributed by atoms with Crippen LogP contribution in [0.5, 0.6) is 0 Å². The number of amides is 4. The molecule has 0 unspecified atom stereocenters. The molecule has 4 amide bonds. The van der Waals surface area contributed by atoms with Crippen LogP contribution in [0.3, 0.4) is 0 Å². The molecular formula is C16H32N8O4. The number of rotatable bonds is 8. The molecule has 8 N–H and O–H groups in total. The monoisotopic (exact) mass is 400 g/mol. The number of nitrogens with two attached hydrogens (primary N) is 4. The normalized spacial score (nSPS) is 19.4. The number of carbonyl (C=O) groups is 4. The maximum atomic E-state index is 11.4. The molecule has 0 aliphatic carbocycles. The summed E-state index contributed by atoms with van der Waals surface area (Å²) < 4.78 is 0. The molecule has 28 heavy (non-hydrogen) atoms. The summed E-state index contributed by atoms with van der Waals surface area (Å²) in [5.74, 6) is -1.82. The minimum absolute atomic E-state index is 0.0720. The lowest BCUT2D eigenvalue weighted by molar-refractivity contribution is -0.121. The molecule has 0 aromatic carbocycles. The number of nitrogens with zero attached hydrogens (tertiary/aromatic N) is 4. The zero-order chi connectivity index (χ0) is 21.1. The number of hydrogen-bond acceptors (Lipinski definition) is 8. The Hall–Kier alpha value is -2.28. The zero-order valence-electron chi connectivity index (χ0n) is 16.2. The van der Waals surface area contributed by atoms with Gasteiger partial charge in [-0.2, -0.15) is 0 Å². The lowest BCUT2D eigenvalue weighted by Crippen LogP contribution is -2.50. The van der Waals surface area contributed by atoms with E-state index in [1.807, 2.05) is 19.6 Å². The van der Waals surface area contributed by atoms with Crippen molar-refractivity contribution in [2.45, 2.75) is 0 Å². The molecule has 0 aromatic heterocycles. The minimum atomic E-state index is -0.456. The standard InChI is InChI=1S/C16H32N8O4/c17-13(25)9-21-1-2-22(10-14(18)26)5-6-24(12-16(20)28)8-7-23(4-3-21)11-15(19)27/h1-12H2,(H2,17,25)(H2,18,26)(H2,19,27)(H2,20,28). The molecule has 0 bridgehead atoms. The summed E-state index contributed by atoms with van der Waals surface area (Å²) in [5, 5.41) is 0. The van der Waals surface area contributed by atoms with E-state index in [4.69, 9.17) is 22.9 Å². The Morgan fingerprint density at radius 1 is 0.429 bits per heavy atom. The van der Waals surface area contributed by atoms with E-state index in [9.17, 15) is 19.2 Å². The van der Waals surface area contributed by atoms with E-state index in [-0.39, 0.29) is 26.2 Å². The van der Waals surface area contributed by atoms with E-state index >= 15 is 0 Å². The van der Waals surface area contributed by atoms with Crippen LogP contribution in [0.25, 0.3) is 0 Å². The van der Waals surface area contributed by atoms with Crippen molar-refractivity contribution in [2.75, 3.05) is 78.5 Å².